The van der Waals surface area contributed by atoms with Gasteiger partial charge in [0.15, 0.2) is 5.01 Å². The summed E-state index contributed by atoms with van der Waals surface area (Å²) in [4.78, 5) is 29.7. The van der Waals surface area contributed by atoms with Crippen LogP contribution in [0, 0.1) is 0 Å². The maximum atomic E-state index is 13.3. The van der Waals surface area contributed by atoms with Crippen LogP contribution in [-0.2, 0) is 6.54 Å². The molecule has 4 rings (SSSR count). The van der Waals surface area contributed by atoms with Gasteiger partial charge in [0.2, 0.25) is 0 Å². The van der Waals surface area contributed by atoms with Gasteiger partial charge in [0, 0.05) is 31.3 Å². The Balaban J connectivity index is 1.52. The first-order chi connectivity index (χ1) is 16.9. The molecule has 0 aliphatic heterocycles. The van der Waals surface area contributed by atoms with Crippen molar-refractivity contribution < 1.29 is 14.6 Å². The van der Waals surface area contributed by atoms with Crippen molar-refractivity contribution in [3.05, 3.63) is 65.4 Å². The number of likely N-dealkylation sites (N-methyl/N-ethyl adjacent to an activating group) is 1. The zero-order valence-electron chi connectivity index (χ0n) is 19.7. The summed E-state index contributed by atoms with van der Waals surface area (Å²) in [5.41, 5.74) is 9.00. The molecule has 2 heterocycles. The van der Waals surface area contributed by atoms with E-state index in [0.717, 1.165) is 33.6 Å². The van der Waals surface area contributed by atoms with E-state index >= 15 is 0 Å². The number of benzene rings is 2. The van der Waals surface area contributed by atoms with Crippen molar-refractivity contribution in [1.82, 2.24) is 24.8 Å². The SMILES string of the molecule is CN(C)CCOc1cccc(CN(CCO)C(=O)c2nc3ccc(-c4cc(N)ncn4)cc3s2)c1. The van der Waals surface area contributed by atoms with Gasteiger partial charge < -0.3 is 25.4 Å². The number of nitrogens with zero attached hydrogens (tertiary/aromatic N) is 5. The first-order valence-corrected chi connectivity index (χ1v) is 12.0. The smallest absolute Gasteiger partial charge is 0.283 e. The molecule has 35 heavy (non-hydrogen) atoms. The Morgan fingerprint density at radius 1 is 1.11 bits per heavy atom. The number of ether oxygens (including phenoxy) is 1. The number of aromatic nitrogens is 3. The first kappa shape index (κ1) is 24.5. The van der Waals surface area contributed by atoms with E-state index < -0.39 is 0 Å². The minimum atomic E-state index is -0.230. The number of amides is 1. The number of hydrogen-bond donors (Lipinski definition) is 2. The molecule has 9 nitrogen and oxygen atoms in total. The molecule has 2 aromatic carbocycles. The molecule has 4 aromatic rings. The molecule has 0 saturated heterocycles. The molecule has 0 spiro atoms. The maximum Gasteiger partial charge on any atom is 0.283 e. The monoisotopic (exact) mass is 492 g/mol. The van der Waals surface area contributed by atoms with E-state index in [-0.39, 0.29) is 19.1 Å². The van der Waals surface area contributed by atoms with Crippen LogP contribution in [0.15, 0.2) is 54.9 Å². The van der Waals surface area contributed by atoms with Crippen molar-refractivity contribution in [1.29, 1.82) is 0 Å². The van der Waals surface area contributed by atoms with Gasteiger partial charge in [-0.15, -0.1) is 11.3 Å². The molecular formula is C25H28N6O3S. The molecule has 0 aliphatic rings. The molecule has 1 amide bonds. The highest BCUT2D eigenvalue weighted by Crippen LogP contribution is 2.29. The van der Waals surface area contributed by atoms with Crippen LogP contribution >= 0.6 is 11.3 Å². The summed E-state index contributed by atoms with van der Waals surface area (Å²) >= 11 is 1.31. The lowest BCUT2D eigenvalue weighted by molar-refractivity contribution is 0.0707. The number of carbonyl (C=O) groups excluding carboxylic acids is 1. The third-order valence-corrected chi connectivity index (χ3v) is 6.30. The van der Waals surface area contributed by atoms with E-state index in [2.05, 4.69) is 19.9 Å². The average molecular weight is 493 g/mol. The van der Waals surface area contributed by atoms with Gasteiger partial charge >= 0.3 is 0 Å². The summed E-state index contributed by atoms with van der Waals surface area (Å²) in [6.07, 6.45) is 1.42. The fourth-order valence-electron chi connectivity index (χ4n) is 3.51. The zero-order valence-corrected chi connectivity index (χ0v) is 20.5. The van der Waals surface area contributed by atoms with Crippen LogP contribution in [0.2, 0.25) is 0 Å². The number of aliphatic hydroxyl groups excluding tert-OH is 1. The molecule has 0 saturated carbocycles. The van der Waals surface area contributed by atoms with E-state index in [1.807, 2.05) is 56.6 Å². The van der Waals surface area contributed by atoms with Crippen LogP contribution in [0.1, 0.15) is 15.4 Å². The zero-order chi connectivity index (χ0) is 24.8. The van der Waals surface area contributed by atoms with Gasteiger partial charge in [-0.1, -0.05) is 18.2 Å². The Kier molecular flexibility index (Phi) is 7.86. The fourth-order valence-corrected chi connectivity index (χ4v) is 4.49. The Morgan fingerprint density at radius 3 is 2.74 bits per heavy atom. The summed E-state index contributed by atoms with van der Waals surface area (Å²) in [6.45, 7) is 1.78. The highest BCUT2D eigenvalue weighted by Gasteiger charge is 2.20. The molecule has 0 radical (unpaired) electrons. The summed E-state index contributed by atoms with van der Waals surface area (Å²) in [7, 11) is 3.99. The number of thiazole rings is 1. The summed E-state index contributed by atoms with van der Waals surface area (Å²) < 4.78 is 6.68. The predicted molar refractivity (Wildman–Crippen MR) is 137 cm³/mol. The molecule has 182 valence electrons. The van der Waals surface area contributed by atoms with E-state index in [1.54, 1.807) is 11.0 Å². The van der Waals surface area contributed by atoms with Crippen LogP contribution < -0.4 is 10.5 Å². The topological polar surface area (TPSA) is 118 Å². The van der Waals surface area contributed by atoms with Crippen molar-refractivity contribution >= 4 is 33.3 Å². The number of aliphatic hydroxyl groups is 1. The number of rotatable bonds is 10. The molecule has 2 aromatic heterocycles. The van der Waals surface area contributed by atoms with Crippen molar-refractivity contribution in [2.24, 2.45) is 0 Å². The lowest BCUT2D eigenvalue weighted by Gasteiger charge is -2.21. The van der Waals surface area contributed by atoms with E-state index in [9.17, 15) is 9.90 Å². The summed E-state index contributed by atoms with van der Waals surface area (Å²) in [5.74, 6) is 0.910. The molecule has 0 unspecified atom stereocenters. The highest BCUT2D eigenvalue weighted by molar-refractivity contribution is 7.20. The maximum absolute atomic E-state index is 13.3. The van der Waals surface area contributed by atoms with Crippen LogP contribution in [0.5, 0.6) is 5.75 Å². The lowest BCUT2D eigenvalue weighted by atomic mass is 10.1. The Morgan fingerprint density at radius 2 is 1.97 bits per heavy atom. The Hall–Kier alpha value is -3.60. The van der Waals surface area contributed by atoms with E-state index in [0.29, 0.717) is 29.7 Å². The van der Waals surface area contributed by atoms with Crippen LogP contribution in [0.4, 0.5) is 5.82 Å². The fraction of sp³-hybridized carbons (Fsp3) is 0.280. The summed E-state index contributed by atoms with van der Waals surface area (Å²) in [6, 6.07) is 15.1. The van der Waals surface area contributed by atoms with Gasteiger partial charge in [-0.25, -0.2) is 15.0 Å². The minimum Gasteiger partial charge on any atom is -0.492 e. The summed E-state index contributed by atoms with van der Waals surface area (Å²) in [5, 5.41) is 9.96. The van der Waals surface area contributed by atoms with E-state index in [4.69, 9.17) is 10.5 Å². The van der Waals surface area contributed by atoms with Crippen molar-refractivity contribution in [2.45, 2.75) is 6.54 Å². The second-order valence-corrected chi connectivity index (χ2v) is 9.31. The second-order valence-electron chi connectivity index (χ2n) is 8.28. The van der Waals surface area contributed by atoms with Crippen LogP contribution in [-0.4, -0.2) is 76.2 Å². The Labute approximate surface area is 207 Å². The number of fused-ring (bicyclic) bond motifs is 1. The number of hydrogen-bond acceptors (Lipinski definition) is 9. The van der Waals surface area contributed by atoms with Gasteiger partial charge in [-0.2, -0.15) is 0 Å². The number of carbonyl (C=O) groups is 1. The quantitative estimate of drug-likeness (QED) is 0.347. The molecule has 0 bridgehead atoms. The normalized spacial score (nSPS) is 11.2. The van der Waals surface area contributed by atoms with Gasteiger partial charge in [-0.05, 0) is 43.9 Å². The predicted octanol–water partition coefficient (Wildman–Crippen LogP) is 2.91. The minimum absolute atomic E-state index is 0.144. The molecule has 0 atom stereocenters. The Bertz CT molecular complexity index is 1310. The number of nitrogens with two attached hydrogens (primary N) is 1. The van der Waals surface area contributed by atoms with Crippen molar-refractivity contribution in [2.75, 3.05) is 46.1 Å². The van der Waals surface area contributed by atoms with Gasteiger partial charge in [0.25, 0.3) is 5.91 Å². The largest absolute Gasteiger partial charge is 0.492 e. The second kappa shape index (κ2) is 11.2. The molecule has 0 fully saturated rings. The molecular weight excluding hydrogens is 464 g/mol. The molecule has 0 aliphatic carbocycles. The highest BCUT2D eigenvalue weighted by atomic mass is 32.1. The molecule has 10 heteroatoms. The van der Waals surface area contributed by atoms with Gasteiger partial charge in [0.1, 0.15) is 24.5 Å². The first-order valence-electron chi connectivity index (χ1n) is 11.2. The van der Waals surface area contributed by atoms with Crippen molar-refractivity contribution in [3.8, 4) is 17.0 Å². The van der Waals surface area contributed by atoms with E-state index in [1.165, 1.54) is 17.7 Å². The molecule has 3 N–H and O–H groups in total. The number of anilines is 1. The third kappa shape index (κ3) is 6.30. The average Bonchev–Trinajstić information content (AvgIpc) is 3.27. The van der Waals surface area contributed by atoms with Crippen LogP contribution in [0.3, 0.4) is 0 Å². The van der Waals surface area contributed by atoms with Gasteiger partial charge in [0.05, 0.1) is 22.5 Å². The lowest BCUT2D eigenvalue weighted by Crippen LogP contribution is -2.33. The van der Waals surface area contributed by atoms with Crippen LogP contribution in [0.25, 0.3) is 21.5 Å². The van der Waals surface area contributed by atoms with Gasteiger partial charge in [-0.3, -0.25) is 4.79 Å². The third-order valence-electron chi connectivity index (χ3n) is 5.29. The standard InChI is InChI=1S/C25H28N6O3S/c1-30(2)9-11-34-19-5-3-4-17(12-19)15-31(8-10-32)25(33)24-29-20-7-6-18(13-22(20)35-24)21-14-23(26)28-16-27-21/h3-7,12-14,16,32H,8-11,15H2,1-2H3,(H2,26,27,28). The van der Waals surface area contributed by atoms with Crippen molar-refractivity contribution in [3.63, 3.8) is 0 Å². The number of nitrogen functional groups attached to an aromatic ring is 1.